The molecule has 1 aliphatic rings. The molecular weight excluding hydrogens is 140 g/mol. The third kappa shape index (κ3) is 1.09. The van der Waals surface area contributed by atoms with Gasteiger partial charge in [0, 0.05) is 10.7 Å². The van der Waals surface area contributed by atoms with Crippen LogP contribution in [0.25, 0.3) is 6.08 Å². The van der Waals surface area contributed by atoms with Gasteiger partial charge in [-0.05, 0) is 18.4 Å². The summed E-state index contributed by atoms with van der Waals surface area (Å²) < 4.78 is 0. The lowest BCUT2D eigenvalue weighted by Crippen LogP contribution is -2.31. The Kier molecular flexibility index (Phi) is 1.35. The number of rotatable bonds is 0. The molecule has 0 fully saturated rings. The summed E-state index contributed by atoms with van der Waals surface area (Å²) in [5, 5.41) is 14.3. The van der Waals surface area contributed by atoms with E-state index in [0.717, 1.165) is 18.4 Å². The van der Waals surface area contributed by atoms with Crippen molar-refractivity contribution >= 4 is 6.08 Å². The first-order valence-corrected chi connectivity index (χ1v) is 3.61. The lowest BCUT2D eigenvalue weighted by molar-refractivity contribution is -0.669. The second-order valence-electron chi connectivity index (χ2n) is 2.60. The van der Waals surface area contributed by atoms with Crippen molar-refractivity contribution in [2.75, 3.05) is 0 Å². The zero-order chi connectivity index (χ0) is 7.68. The van der Waals surface area contributed by atoms with Crippen molar-refractivity contribution in [2.45, 2.75) is 12.8 Å². The lowest BCUT2D eigenvalue weighted by atomic mass is 10.0. The molecule has 0 bridgehead atoms. The van der Waals surface area contributed by atoms with Crippen molar-refractivity contribution in [1.82, 2.24) is 5.10 Å². The van der Waals surface area contributed by atoms with Crippen LogP contribution in [0.3, 0.4) is 0 Å². The summed E-state index contributed by atoms with van der Waals surface area (Å²) in [4.78, 5) is 0.592. The van der Waals surface area contributed by atoms with Crippen molar-refractivity contribution in [2.24, 2.45) is 0 Å². The van der Waals surface area contributed by atoms with Gasteiger partial charge in [0.05, 0.1) is 6.20 Å². The van der Waals surface area contributed by atoms with Crippen LogP contribution in [0.15, 0.2) is 18.5 Å². The van der Waals surface area contributed by atoms with Gasteiger partial charge in [-0.1, -0.05) is 17.0 Å². The van der Waals surface area contributed by atoms with Gasteiger partial charge < -0.3 is 5.21 Å². The predicted molar refractivity (Wildman–Crippen MR) is 40.6 cm³/mol. The fourth-order valence-corrected chi connectivity index (χ4v) is 1.24. The van der Waals surface area contributed by atoms with Crippen molar-refractivity contribution < 1.29 is 4.85 Å². The molecule has 0 saturated carbocycles. The Morgan fingerprint density at radius 1 is 1.55 bits per heavy atom. The molecule has 0 saturated heterocycles. The summed E-state index contributed by atoms with van der Waals surface area (Å²) in [6.07, 6.45) is 9.24. The van der Waals surface area contributed by atoms with Crippen LogP contribution in [0.5, 0.6) is 0 Å². The zero-order valence-electron chi connectivity index (χ0n) is 6.03. The Labute approximate surface area is 64.6 Å². The Bertz CT molecular complexity index is 307. The van der Waals surface area contributed by atoms with Gasteiger partial charge in [-0.3, -0.25) is 0 Å². The maximum Gasteiger partial charge on any atom is 0.217 e. The molecule has 0 radical (unpaired) electrons. The average molecular weight is 148 g/mol. The van der Waals surface area contributed by atoms with Crippen molar-refractivity contribution in [3.8, 4) is 0 Å². The highest BCUT2D eigenvalue weighted by atomic mass is 16.5. The molecule has 1 aromatic heterocycles. The predicted octanol–water partition coefficient (Wildman–Crippen LogP) is 0.674. The number of fused-ring (bicyclic) bond motifs is 1. The Balaban J connectivity index is 2.54. The number of aromatic nitrogens is 2. The van der Waals surface area contributed by atoms with Crippen LogP contribution in [-0.2, 0) is 6.42 Å². The van der Waals surface area contributed by atoms with E-state index in [0.29, 0.717) is 4.85 Å². The van der Waals surface area contributed by atoms with E-state index in [1.54, 1.807) is 6.20 Å². The summed E-state index contributed by atoms with van der Waals surface area (Å²) in [6, 6.07) is 0. The minimum atomic E-state index is 0.592. The summed E-state index contributed by atoms with van der Waals surface area (Å²) in [6.45, 7) is 0. The van der Waals surface area contributed by atoms with E-state index >= 15 is 0 Å². The van der Waals surface area contributed by atoms with E-state index in [1.165, 1.54) is 11.8 Å². The Hall–Kier alpha value is -1.38. The first kappa shape index (κ1) is 6.34. The second kappa shape index (κ2) is 2.34. The largest absolute Gasteiger partial charge is 0.594 e. The van der Waals surface area contributed by atoms with E-state index < -0.39 is 0 Å². The molecule has 0 unspecified atom stereocenters. The number of hydrogen-bond acceptors (Lipinski definition) is 2. The van der Waals surface area contributed by atoms with Gasteiger partial charge in [-0.25, -0.2) is 0 Å². The molecule has 0 aromatic carbocycles. The standard InChI is InChI=1S/C8H8N2O/c11-10-6-8-4-2-1-3-7(8)5-9-10/h2,4-6H,1,3H2. The fourth-order valence-electron chi connectivity index (χ4n) is 1.24. The molecule has 3 heteroatoms. The molecule has 1 aliphatic carbocycles. The minimum absolute atomic E-state index is 0.592. The lowest BCUT2D eigenvalue weighted by Gasteiger charge is -2.06. The third-order valence-electron chi connectivity index (χ3n) is 1.83. The van der Waals surface area contributed by atoms with Gasteiger partial charge in [0.2, 0.25) is 6.20 Å². The van der Waals surface area contributed by atoms with Crippen LogP contribution in [0.4, 0.5) is 0 Å². The third-order valence-corrected chi connectivity index (χ3v) is 1.83. The summed E-state index contributed by atoms with van der Waals surface area (Å²) in [5.74, 6) is 0. The monoisotopic (exact) mass is 148 g/mol. The highest BCUT2D eigenvalue weighted by Gasteiger charge is 2.07. The van der Waals surface area contributed by atoms with Gasteiger partial charge in [-0.2, -0.15) is 0 Å². The maximum absolute atomic E-state index is 10.7. The van der Waals surface area contributed by atoms with E-state index in [1.807, 2.05) is 6.08 Å². The average Bonchev–Trinajstić information content (AvgIpc) is 2.04. The molecule has 3 nitrogen and oxygen atoms in total. The van der Waals surface area contributed by atoms with Gasteiger partial charge in [0.1, 0.15) is 0 Å². The summed E-state index contributed by atoms with van der Waals surface area (Å²) in [7, 11) is 0. The molecule has 11 heavy (non-hydrogen) atoms. The molecule has 0 aliphatic heterocycles. The van der Waals surface area contributed by atoms with E-state index in [-0.39, 0.29) is 0 Å². The zero-order valence-corrected chi connectivity index (χ0v) is 6.03. The summed E-state index contributed by atoms with van der Waals surface area (Å²) >= 11 is 0. The SMILES string of the molecule is [O-][n+]1cc2c(cn1)CCC=C2. The van der Waals surface area contributed by atoms with Crippen LogP contribution in [0.2, 0.25) is 0 Å². The molecule has 0 amide bonds. The number of allylic oxidation sites excluding steroid dienone is 1. The smallest absolute Gasteiger partial charge is 0.217 e. The molecule has 56 valence electrons. The van der Waals surface area contributed by atoms with Gasteiger partial charge in [0.15, 0.2) is 0 Å². The van der Waals surface area contributed by atoms with Crippen LogP contribution in [0, 0.1) is 5.21 Å². The van der Waals surface area contributed by atoms with Crippen molar-refractivity contribution in [3.05, 3.63) is 34.8 Å². The van der Waals surface area contributed by atoms with Gasteiger partial charge in [0.25, 0.3) is 0 Å². The van der Waals surface area contributed by atoms with Crippen molar-refractivity contribution in [3.63, 3.8) is 0 Å². The van der Waals surface area contributed by atoms with Crippen molar-refractivity contribution in [1.29, 1.82) is 0 Å². The number of aryl methyl sites for hydroxylation is 1. The van der Waals surface area contributed by atoms with E-state index in [2.05, 4.69) is 11.2 Å². The molecule has 0 N–H and O–H groups in total. The second-order valence-corrected chi connectivity index (χ2v) is 2.60. The first-order valence-electron chi connectivity index (χ1n) is 3.61. The molecule has 1 aromatic rings. The normalized spacial score (nSPS) is 14.5. The molecule has 1 heterocycles. The van der Waals surface area contributed by atoms with Gasteiger partial charge in [-0.15, -0.1) is 0 Å². The van der Waals surface area contributed by atoms with Crippen LogP contribution >= 0.6 is 0 Å². The molecule has 2 rings (SSSR count). The molecule has 0 spiro atoms. The number of nitrogens with zero attached hydrogens (tertiary/aromatic N) is 2. The summed E-state index contributed by atoms with van der Waals surface area (Å²) in [5.41, 5.74) is 2.17. The quantitative estimate of drug-likeness (QED) is 0.401. The van der Waals surface area contributed by atoms with Crippen LogP contribution < -0.4 is 4.85 Å². The Morgan fingerprint density at radius 3 is 3.36 bits per heavy atom. The van der Waals surface area contributed by atoms with Crippen LogP contribution in [0.1, 0.15) is 17.5 Å². The molecular formula is C8H8N2O. The topological polar surface area (TPSA) is 39.8 Å². The van der Waals surface area contributed by atoms with E-state index in [4.69, 9.17) is 0 Å². The minimum Gasteiger partial charge on any atom is -0.594 e. The molecule has 0 atom stereocenters. The highest BCUT2D eigenvalue weighted by molar-refractivity contribution is 5.53. The van der Waals surface area contributed by atoms with Gasteiger partial charge >= 0.3 is 0 Å². The van der Waals surface area contributed by atoms with E-state index in [9.17, 15) is 5.21 Å². The highest BCUT2D eigenvalue weighted by Crippen LogP contribution is 2.15. The van der Waals surface area contributed by atoms with Crippen LogP contribution in [-0.4, -0.2) is 5.10 Å². The maximum atomic E-state index is 10.7. The number of hydrogen-bond donors (Lipinski definition) is 0. The fraction of sp³-hybridized carbons (Fsp3) is 0.250. The Morgan fingerprint density at radius 2 is 2.45 bits per heavy atom. The first-order chi connectivity index (χ1) is 5.36.